The van der Waals surface area contributed by atoms with Crippen LogP contribution >= 0.6 is 0 Å². The fourth-order valence-corrected chi connectivity index (χ4v) is 1.26. The molecule has 1 rings (SSSR count). The molecule has 0 atom stereocenters. The van der Waals surface area contributed by atoms with Crippen molar-refractivity contribution < 1.29 is 4.74 Å². The molecule has 0 saturated carbocycles. The van der Waals surface area contributed by atoms with Crippen LogP contribution in [0.2, 0.25) is 0 Å². The Morgan fingerprint density at radius 2 is 2.40 bits per heavy atom. The maximum atomic E-state index is 8.51. The summed E-state index contributed by atoms with van der Waals surface area (Å²) >= 11 is 0. The second kappa shape index (κ2) is 5.86. The highest BCUT2D eigenvalue weighted by Crippen LogP contribution is 2.23. The lowest BCUT2D eigenvalue weighted by molar-refractivity contribution is 0.339. The van der Waals surface area contributed by atoms with Crippen LogP contribution < -0.4 is 9.64 Å². The fourth-order valence-electron chi connectivity index (χ4n) is 1.26. The lowest BCUT2D eigenvalue weighted by Gasteiger charge is -2.19. The molecule has 0 fully saturated rings. The Kier molecular flexibility index (Phi) is 4.42. The van der Waals surface area contributed by atoms with E-state index in [2.05, 4.69) is 11.1 Å². The molecule has 0 aliphatic heterocycles. The second-order valence-corrected chi connectivity index (χ2v) is 3.09. The van der Waals surface area contributed by atoms with Gasteiger partial charge in [-0.15, -0.1) is 0 Å². The molecule has 0 spiro atoms. The molecule has 80 valence electrons. The second-order valence-electron chi connectivity index (χ2n) is 3.09. The third-order valence-corrected chi connectivity index (χ3v) is 1.97. The molecule has 1 aromatic heterocycles. The van der Waals surface area contributed by atoms with Gasteiger partial charge in [0.05, 0.1) is 19.1 Å². The minimum absolute atomic E-state index is 0.485. The Balaban J connectivity index is 2.78. The number of pyridine rings is 1. The highest BCUT2D eigenvalue weighted by atomic mass is 16.5. The first-order valence-corrected chi connectivity index (χ1v) is 4.95. The third-order valence-electron chi connectivity index (χ3n) is 1.97. The molecule has 0 aliphatic rings. The molecule has 0 radical (unpaired) electrons. The number of nitriles is 1. The molecule has 4 nitrogen and oxygen atoms in total. The van der Waals surface area contributed by atoms with Gasteiger partial charge in [0.1, 0.15) is 0 Å². The van der Waals surface area contributed by atoms with Crippen molar-refractivity contribution in [3.63, 3.8) is 0 Å². The van der Waals surface area contributed by atoms with Crippen molar-refractivity contribution in [2.45, 2.75) is 13.3 Å². The quantitative estimate of drug-likeness (QED) is 0.735. The molecule has 0 aliphatic carbocycles. The smallest absolute Gasteiger partial charge is 0.171 e. The Bertz CT molecular complexity index is 346. The van der Waals surface area contributed by atoms with Gasteiger partial charge in [0, 0.05) is 19.8 Å². The maximum Gasteiger partial charge on any atom is 0.171 e. The average molecular weight is 205 g/mol. The van der Waals surface area contributed by atoms with Crippen molar-refractivity contribution in [1.29, 1.82) is 5.26 Å². The van der Waals surface area contributed by atoms with E-state index in [1.807, 2.05) is 31.0 Å². The third kappa shape index (κ3) is 3.13. The summed E-state index contributed by atoms with van der Waals surface area (Å²) < 4.78 is 5.45. The standard InChI is InChI=1S/C11H15N3O/c1-3-15-10-6-4-8-13-11(10)14(2)9-5-7-12/h4,6,8H,3,5,9H2,1-2H3. The van der Waals surface area contributed by atoms with Crippen molar-refractivity contribution in [2.75, 3.05) is 25.1 Å². The van der Waals surface area contributed by atoms with Gasteiger partial charge in [0.15, 0.2) is 11.6 Å². The van der Waals surface area contributed by atoms with Crippen molar-refractivity contribution in [3.8, 4) is 11.8 Å². The van der Waals surface area contributed by atoms with Crippen molar-refractivity contribution in [3.05, 3.63) is 18.3 Å². The largest absolute Gasteiger partial charge is 0.490 e. The average Bonchev–Trinajstić information content (AvgIpc) is 2.27. The fraction of sp³-hybridized carbons (Fsp3) is 0.455. The summed E-state index contributed by atoms with van der Waals surface area (Å²) in [6, 6.07) is 5.83. The van der Waals surface area contributed by atoms with Crippen LogP contribution in [0.15, 0.2) is 18.3 Å². The maximum absolute atomic E-state index is 8.51. The summed E-state index contributed by atoms with van der Waals surface area (Å²) in [6.07, 6.45) is 2.21. The molecular weight excluding hydrogens is 190 g/mol. The normalized spacial score (nSPS) is 9.40. The van der Waals surface area contributed by atoms with E-state index in [0.717, 1.165) is 11.6 Å². The van der Waals surface area contributed by atoms with Gasteiger partial charge in [-0.05, 0) is 19.1 Å². The highest BCUT2D eigenvalue weighted by molar-refractivity contribution is 5.51. The van der Waals surface area contributed by atoms with Crippen LogP contribution in [0, 0.1) is 11.3 Å². The number of anilines is 1. The van der Waals surface area contributed by atoms with Crippen LogP contribution in [0.4, 0.5) is 5.82 Å². The van der Waals surface area contributed by atoms with E-state index >= 15 is 0 Å². The van der Waals surface area contributed by atoms with E-state index in [9.17, 15) is 0 Å². The minimum Gasteiger partial charge on any atom is -0.490 e. The Morgan fingerprint density at radius 3 is 3.07 bits per heavy atom. The monoisotopic (exact) mass is 205 g/mol. The van der Waals surface area contributed by atoms with E-state index < -0.39 is 0 Å². The summed E-state index contributed by atoms with van der Waals surface area (Å²) in [7, 11) is 1.90. The van der Waals surface area contributed by atoms with E-state index in [1.54, 1.807) is 6.20 Å². The lowest BCUT2D eigenvalue weighted by atomic mass is 10.3. The number of ether oxygens (including phenoxy) is 1. The predicted molar refractivity (Wildman–Crippen MR) is 58.9 cm³/mol. The van der Waals surface area contributed by atoms with Gasteiger partial charge >= 0.3 is 0 Å². The number of nitrogens with zero attached hydrogens (tertiary/aromatic N) is 3. The summed E-state index contributed by atoms with van der Waals surface area (Å²) in [5.41, 5.74) is 0. The van der Waals surface area contributed by atoms with Crippen LogP contribution in [0.3, 0.4) is 0 Å². The summed E-state index contributed by atoms with van der Waals surface area (Å²) in [5.74, 6) is 1.55. The van der Waals surface area contributed by atoms with Gasteiger partial charge in [-0.3, -0.25) is 0 Å². The van der Waals surface area contributed by atoms with E-state index in [4.69, 9.17) is 10.00 Å². The number of rotatable bonds is 5. The van der Waals surface area contributed by atoms with Gasteiger partial charge in [0.2, 0.25) is 0 Å². The van der Waals surface area contributed by atoms with E-state index in [-0.39, 0.29) is 0 Å². The molecule has 0 saturated heterocycles. The van der Waals surface area contributed by atoms with Crippen molar-refractivity contribution in [1.82, 2.24) is 4.98 Å². The van der Waals surface area contributed by atoms with Crippen molar-refractivity contribution in [2.24, 2.45) is 0 Å². The van der Waals surface area contributed by atoms with Crippen LogP contribution in [-0.4, -0.2) is 25.2 Å². The van der Waals surface area contributed by atoms with Gasteiger partial charge < -0.3 is 9.64 Å². The summed E-state index contributed by atoms with van der Waals surface area (Å²) in [4.78, 5) is 6.17. The predicted octanol–water partition coefficient (Wildman–Crippen LogP) is 1.83. The first-order chi connectivity index (χ1) is 7.29. The van der Waals surface area contributed by atoms with E-state index in [1.165, 1.54) is 0 Å². The van der Waals surface area contributed by atoms with Crippen LogP contribution in [0.1, 0.15) is 13.3 Å². The molecule has 15 heavy (non-hydrogen) atoms. The molecule has 0 unspecified atom stereocenters. The van der Waals surface area contributed by atoms with Gasteiger partial charge in [-0.2, -0.15) is 5.26 Å². The minimum atomic E-state index is 0.485. The Labute approximate surface area is 90.1 Å². The molecule has 0 amide bonds. The lowest BCUT2D eigenvalue weighted by Crippen LogP contribution is -2.20. The Hall–Kier alpha value is -1.76. The van der Waals surface area contributed by atoms with Crippen LogP contribution in [0.25, 0.3) is 0 Å². The molecular formula is C11H15N3O. The SMILES string of the molecule is CCOc1cccnc1N(C)CCC#N. The zero-order valence-corrected chi connectivity index (χ0v) is 9.10. The van der Waals surface area contributed by atoms with Gasteiger partial charge in [0.25, 0.3) is 0 Å². The molecule has 1 heterocycles. The highest BCUT2D eigenvalue weighted by Gasteiger charge is 2.08. The van der Waals surface area contributed by atoms with E-state index in [0.29, 0.717) is 19.6 Å². The number of aromatic nitrogens is 1. The van der Waals surface area contributed by atoms with Crippen molar-refractivity contribution >= 4 is 5.82 Å². The first kappa shape index (κ1) is 11.3. The topological polar surface area (TPSA) is 49.1 Å². The zero-order chi connectivity index (χ0) is 11.1. The summed E-state index contributed by atoms with van der Waals surface area (Å²) in [5, 5.41) is 8.51. The number of hydrogen-bond donors (Lipinski definition) is 0. The Morgan fingerprint density at radius 1 is 1.60 bits per heavy atom. The van der Waals surface area contributed by atoms with Crippen LogP contribution in [-0.2, 0) is 0 Å². The molecule has 1 aromatic rings. The zero-order valence-electron chi connectivity index (χ0n) is 9.10. The molecule has 0 aromatic carbocycles. The molecule has 4 heteroatoms. The molecule has 0 N–H and O–H groups in total. The van der Waals surface area contributed by atoms with Crippen LogP contribution in [0.5, 0.6) is 5.75 Å². The first-order valence-electron chi connectivity index (χ1n) is 4.95. The van der Waals surface area contributed by atoms with Gasteiger partial charge in [-0.1, -0.05) is 0 Å². The number of hydrogen-bond acceptors (Lipinski definition) is 4. The molecule has 0 bridgehead atoms. The summed E-state index contributed by atoms with van der Waals surface area (Å²) in [6.45, 7) is 3.21. The van der Waals surface area contributed by atoms with Gasteiger partial charge in [-0.25, -0.2) is 4.98 Å².